The van der Waals surface area contributed by atoms with Crippen LogP contribution >= 0.6 is 11.6 Å². The third kappa shape index (κ3) is 2.89. The maximum atomic E-state index is 6.31. The molecule has 3 nitrogen and oxygen atoms in total. The standard InChI is InChI=1S/C23H19ClN2O/c24-22-14-25-12-13-26(22)27-15-18-6-3-5-17-9-10-20-19-7-2-1-4-16(19)8-11-21(20)23(17)18/h1-13,22,25H,14-15H2. The molecule has 134 valence electrons. The number of halogens is 1. The summed E-state index contributed by atoms with van der Waals surface area (Å²) >= 11 is 6.31. The Labute approximate surface area is 162 Å². The molecule has 0 saturated carbocycles. The van der Waals surface area contributed by atoms with Gasteiger partial charge in [0.1, 0.15) is 12.1 Å². The summed E-state index contributed by atoms with van der Waals surface area (Å²) < 4.78 is 0. The lowest BCUT2D eigenvalue weighted by atomic mass is 9.94. The van der Waals surface area contributed by atoms with E-state index in [9.17, 15) is 0 Å². The molecule has 0 bridgehead atoms. The average molecular weight is 375 g/mol. The van der Waals surface area contributed by atoms with E-state index in [-0.39, 0.29) is 5.50 Å². The molecule has 0 amide bonds. The van der Waals surface area contributed by atoms with Crippen LogP contribution in [0.3, 0.4) is 0 Å². The molecule has 0 radical (unpaired) electrons. The zero-order valence-corrected chi connectivity index (χ0v) is 15.5. The molecule has 0 spiro atoms. The second kappa shape index (κ2) is 6.76. The Morgan fingerprint density at radius 1 is 0.889 bits per heavy atom. The van der Waals surface area contributed by atoms with Gasteiger partial charge in [-0.3, -0.25) is 4.84 Å². The lowest BCUT2D eigenvalue weighted by molar-refractivity contribution is -0.143. The van der Waals surface area contributed by atoms with Gasteiger partial charge in [-0.15, -0.1) is 0 Å². The van der Waals surface area contributed by atoms with Crippen LogP contribution in [-0.4, -0.2) is 17.1 Å². The van der Waals surface area contributed by atoms with Crippen molar-refractivity contribution in [3.63, 3.8) is 0 Å². The maximum Gasteiger partial charge on any atom is 0.146 e. The predicted octanol–water partition coefficient (Wildman–Crippen LogP) is 5.52. The number of nitrogens with one attached hydrogen (secondary N) is 1. The number of hydroxylamine groups is 2. The minimum absolute atomic E-state index is 0.217. The first-order valence-electron chi connectivity index (χ1n) is 9.09. The van der Waals surface area contributed by atoms with Crippen LogP contribution in [-0.2, 0) is 11.4 Å². The minimum Gasteiger partial charge on any atom is -0.386 e. The summed E-state index contributed by atoms with van der Waals surface area (Å²) in [6, 6.07) is 23.7. The summed E-state index contributed by atoms with van der Waals surface area (Å²) in [7, 11) is 0. The molecular formula is C23H19ClN2O. The topological polar surface area (TPSA) is 24.5 Å². The van der Waals surface area contributed by atoms with Crippen LogP contribution in [0, 0.1) is 0 Å². The molecule has 4 aromatic rings. The third-order valence-corrected chi connectivity index (χ3v) is 5.47. The molecule has 0 aliphatic carbocycles. The molecule has 4 aromatic carbocycles. The van der Waals surface area contributed by atoms with Crippen LogP contribution in [0.5, 0.6) is 0 Å². The first-order chi connectivity index (χ1) is 13.3. The molecule has 1 N–H and O–H groups in total. The Morgan fingerprint density at radius 2 is 1.70 bits per heavy atom. The largest absolute Gasteiger partial charge is 0.386 e. The molecule has 5 rings (SSSR count). The van der Waals surface area contributed by atoms with Gasteiger partial charge in [0.15, 0.2) is 0 Å². The molecule has 1 heterocycles. The SMILES string of the molecule is ClC1CNC=CN1OCc1cccc2ccc3c4ccccc4ccc3c12. The first kappa shape index (κ1) is 16.4. The molecule has 1 atom stereocenters. The van der Waals surface area contributed by atoms with Crippen molar-refractivity contribution in [2.45, 2.75) is 12.1 Å². The molecule has 1 unspecified atom stereocenters. The number of fused-ring (bicyclic) bond motifs is 5. The lowest BCUT2D eigenvalue weighted by Crippen LogP contribution is -2.37. The van der Waals surface area contributed by atoms with Crippen LogP contribution in [0.2, 0.25) is 0 Å². The molecule has 0 aromatic heterocycles. The Morgan fingerprint density at radius 3 is 2.63 bits per heavy atom. The Bertz CT molecular complexity index is 1170. The van der Waals surface area contributed by atoms with Gasteiger partial charge in [0.25, 0.3) is 0 Å². The third-order valence-electron chi connectivity index (χ3n) is 5.12. The van der Waals surface area contributed by atoms with Gasteiger partial charge in [-0.2, -0.15) is 0 Å². The number of benzene rings is 4. The van der Waals surface area contributed by atoms with Crippen LogP contribution < -0.4 is 5.32 Å². The van der Waals surface area contributed by atoms with Gasteiger partial charge in [0.05, 0.1) is 6.54 Å². The normalized spacial score (nSPS) is 16.9. The van der Waals surface area contributed by atoms with Gasteiger partial charge in [-0.25, -0.2) is 5.06 Å². The lowest BCUT2D eigenvalue weighted by Gasteiger charge is -2.28. The summed E-state index contributed by atoms with van der Waals surface area (Å²) in [4.78, 5) is 6.00. The van der Waals surface area contributed by atoms with Gasteiger partial charge in [0.2, 0.25) is 0 Å². The number of hydrogen-bond acceptors (Lipinski definition) is 3. The van der Waals surface area contributed by atoms with Gasteiger partial charge >= 0.3 is 0 Å². The van der Waals surface area contributed by atoms with Gasteiger partial charge in [0, 0.05) is 12.4 Å². The summed E-state index contributed by atoms with van der Waals surface area (Å²) in [5.74, 6) is 0. The number of hydrogen-bond donors (Lipinski definition) is 1. The number of alkyl halides is 1. The zero-order valence-electron chi connectivity index (χ0n) is 14.7. The summed E-state index contributed by atoms with van der Waals surface area (Å²) in [6.07, 6.45) is 3.68. The second-order valence-corrected chi connectivity index (χ2v) is 7.26. The highest BCUT2D eigenvalue weighted by atomic mass is 35.5. The van der Waals surface area contributed by atoms with Gasteiger partial charge in [-0.05, 0) is 37.9 Å². The number of nitrogens with zero attached hydrogens (tertiary/aromatic N) is 1. The Kier molecular flexibility index (Phi) is 4.12. The smallest absolute Gasteiger partial charge is 0.146 e. The highest BCUT2D eigenvalue weighted by Gasteiger charge is 2.16. The van der Waals surface area contributed by atoms with Crippen molar-refractivity contribution < 1.29 is 4.84 Å². The van der Waals surface area contributed by atoms with E-state index in [4.69, 9.17) is 16.4 Å². The molecule has 0 fully saturated rings. The average Bonchev–Trinajstić information content (AvgIpc) is 2.72. The molecule has 4 heteroatoms. The van der Waals surface area contributed by atoms with Gasteiger partial charge < -0.3 is 5.32 Å². The van der Waals surface area contributed by atoms with Crippen LogP contribution in [0.4, 0.5) is 0 Å². The van der Waals surface area contributed by atoms with E-state index in [0.29, 0.717) is 13.2 Å². The van der Waals surface area contributed by atoms with Crippen LogP contribution in [0.1, 0.15) is 5.56 Å². The molecule has 0 saturated heterocycles. The maximum absolute atomic E-state index is 6.31. The van der Waals surface area contributed by atoms with E-state index in [1.54, 1.807) is 5.06 Å². The highest BCUT2D eigenvalue weighted by Crippen LogP contribution is 2.33. The van der Waals surface area contributed by atoms with Crippen molar-refractivity contribution in [1.82, 2.24) is 10.4 Å². The quantitative estimate of drug-likeness (QED) is 0.290. The van der Waals surface area contributed by atoms with Crippen LogP contribution in [0.25, 0.3) is 32.3 Å². The van der Waals surface area contributed by atoms with E-state index in [1.165, 1.54) is 32.3 Å². The fourth-order valence-electron chi connectivity index (χ4n) is 3.82. The van der Waals surface area contributed by atoms with E-state index >= 15 is 0 Å². The molecule has 1 aliphatic heterocycles. The minimum atomic E-state index is -0.217. The number of rotatable bonds is 3. The monoisotopic (exact) mass is 374 g/mol. The van der Waals surface area contributed by atoms with Crippen molar-refractivity contribution >= 4 is 43.9 Å². The van der Waals surface area contributed by atoms with Crippen molar-refractivity contribution in [2.24, 2.45) is 0 Å². The van der Waals surface area contributed by atoms with Crippen molar-refractivity contribution in [3.8, 4) is 0 Å². The summed E-state index contributed by atoms with van der Waals surface area (Å²) in [6.45, 7) is 1.12. The predicted molar refractivity (Wildman–Crippen MR) is 112 cm³/mol. The highest BCUT2D eigenvalue weighted by molar-refractivity contribution is 6.20. The molecular weight excluding hydrogens is 356 g/mol. The van der Waals surface area contributed by atoms with Gasteiger partial charge in [-0.1, -0.05) is 78.3 Å². The van der Waals surface area contributed by atoms with E-state index in [0.717, 1.165) is 5.56 Å². The fraction of sp³-hybridized carbons (Fsp3) is 0.130. The summed E-state index contributed by atoms with van der Waals surface area (Å²) in [5, 5.41) is 12.3. The van der Waals surface area contributed by atoms with Crippen molar-refractivity contribution in [2.75, 3.05) is 6.54 Å². The van der Waals surface area contributed by atoms with Crippen LogP contribution in [0.15, 0.2) is 79.1 Å². The second-order valence-electron chi connectivity index (χ2n) is 6.75. The van der Waals surface area contributed by atoms with E-state index < -0.39 is 0 Å². The van der Waals surface area contributed by atoms with Crippen molar-refractivity contribution in [3.05, 3.63) is 84.7 Å². The first-order valence-corrected chi connectivity index (χ1v) is 9.52. The Hall–Kier alpha value is -2.75. The van der Waals surface area contributed by atoms with E-state index in [1.807, 2.05) is 12.4 Å². The van der Waals surface area contributed by atoms with E-state index in [2.05, 4.69) is 72.0 Å². The molecule has 27 heavy (non-hydrogen) atoms. The molecule has 1 aliphatic rings. The Balaban J connectivity index is 1.63. The summed E-state index contributed by atoms with van der Waals surface area (Å²) in [5.41, 5.74) is 0.940. The fourth-order valence-corrected chi connectivity index (χ4v) is 4.03. The van der Waals surface area contributed by atoms with Crippen molar-refractivity contribution in [1.29, 1.82) is 0 Å². The zero-order chi connectivity index (χ0) is 18.2.